The third-order valence-electron chi connectivity index (χ3n) is 4.17. The summed E-state index contributed by atoms with van der Waals surface area (Å²) in [5.41, 5.74) is 5.63. The van der Waals surface area contributed by atoms with Crippen LogP contribution in [0, 0.1) is 13.8 Å². The number of nitrogens with zero attached hydrogens (tertiary/aromatic N) is 5. The van der Waals surface area contributed by atoms with Crippen molar-refractivity contribution in [1.29, 1.82) is 0 Å². The van der Waals surface area contributed by atoms with Crippen LogP contribution in [0.3, 0.4) is 0 Å². The zero-order valence-electron chi connectivity index (χ0n) is 14.9. The van der Waals surface area contributed by atoms with Gasteiger partial charge in [0.25, 0.3) is 5.78 Å². The summed E-state index contributed by atoms with van der Waals surface area (Å²) in [5.74, 6) is 1.41. The van der Waals surface area contributed by atoms with Crippen LogP contribution in [0.25, 0.3) is 16.3 Å². The Labute approximate surface area is 160 Å². The standard InChI is InChI=1S/C19H19N5S2/c1-4-14-5-7-15(8-6-14)17-21-16(10-25-17)11-26-19-23-22-18-20-12(2)9-13(3)24(18)19/h5-10H,4,11H2,1-3H3. The van der Waals surface area contributed by atoms with Crippen molar-refractivity contribution in [3.8, 4) is 10.6 Å². The molecule has 3 aromatic heterocycles. The summed E-state index contributed by atoms with van der Waals surface area (Å²) in [6, 6.07) is 10.7. The number of thioether (sulfide) groups is 1. The van der Waals surface area contributed by atoms with Crippen molar-refractivity contribution in [2.75, 3.05) is 0 Å². The van der Waals surface area contributed by atoms with Gasteiger partial charge in [0.2, 0.25) is 0 Å². The van der Waals surface area contributed by atoms with Crippen molar-refractivity contribution in [2.45, 2.75) is 38.1 Å². The van der Waals surface area contributed by atoms with E-state index in [1.165, 1.54) is 11.1 Å². The molecule has 5 nitrogen and oxygen atoms in total. The number of aromatic nitrogens is 5. The molecule has 3 heterocycles. The largest absolute Gasteiger partial charge is 0.259 e. The molecule has 0 aliphatic rings. The van der Waals surface area contributed by atoms with E-state index >= 15 is 0 Å². The molecule has 0 radical (unpaired) electrons. The van der Waals surface area contributed by atoms with E-state index in [4.69, 9.17) is 4.98 Å². The number of benzene rings is 1. The van der Waals surface area contributed by atoms with Gasteiger partial charge in [0, 0.05) is 28.1 Å². The number of hydrogen-bond donors (Lipinski definition) is 0. The summed E-state index contributed by atoms with van der Waals surface area (Å²) in [5, 5.41) is 12.5. The maximum atomic E-state index is 4.78. The van der Waals surface area contributed by atoms with Gasteiger partial charge in [-0.3, -0.25) is 4.40 Å². The molecular weight excluding hydrogens is 362 g/mol. The number of hydrogen-bond acceptors (Lipinski definition) is 6. The fraction of sp³-hybridized carbons (Fsp3) is 0.263. The summed E-state index contributed by atoms with van der Waals surface area (Å²) >= 11 is 3.32. The van der Waals surface area contributed by atoms with Crippen molar-refractivity contribution in [3.63, 3.8) is 0 Å². The zero-order chi connectivity index (χ0) is 18.1. The summed E-state index contributed by atoms with van der Waals surface area (Å²) in [6.45, 7) is 6.19. The molecule has 0 atom stereocenters. The third kappa shape index (κ3) is 3.37. The molecule has 0 fully saturated rings. The number of thiazole rings is 1. The minimum Gasteiger partial charge on any atom is -0.259 e. The predicted octanol–water partition coefficient (Wildman–Crippen LogP) is 4.72. The highest BCUT2D eigenvalue weighted by Crippen LogP contribution is 2.28. The lowest BCUT2D eigenvalue weighted by molar-refractivity contribution is 0.885. The second kappa shape index (κ2) is 7.17. The normalized spacial score (nSPS) is 11.3. The maximum Gasteiger partial charge on any atom is 0.256 e. The monoisotopic (exact) mass is 381 g/mol. The fourth-order valence-electron chi connectivity index (χ4n) is 2.82. The minimum absolute atomic E-state index is 0.653. The van der Waals surface area contributed by atoms with Crippen molar-refractivity contribution >= 4 is 28.9 Å². The van der Waals surface area contributed by atoms with Crippen LogP contribution in [0.4, 0.5) is 0 Å². The van der Waals surface area contributed by atoms with Gasteiger partial charge in [0.15, 0.2) is 5.16 Å². The molecule has 0 aliphatic heterocycles. The average Bonchev–Trinajstić information content (AvgIpc) is 3.27. The van der Waals surface area contributed by atoms with Gasteiger partial charge in [-0.2, -0.15) is 0 Å². The summed E-state index contributed by atoms with van der Waals surface area (Å²) in [7, 11) is 0. The van der Waals surface area contributed by atoms with Crippen LogP contribution in [-0.2, 0) is 12.2 Å². The van der Waals surface area contributed by atoms with Gasteiger partial charge in [-0.15, -0.1) is 21.5 Å². The first kappa shape index (κ1) is 17.2. The minimum atomic E-state index is 0.653. The third-order valence-corrected chi connectivity index (χ3v) is 6.08. The van der Waals surface area contributed by atoms with E-state index in [1.807, 2.05) is 17.4 Å². The molecule has 0 amide bonds. The summed E-state index contributed by atoms with van der Waals surface area (Å²) in [4.78, 5) is 9.21. The molecule has 0 bridgehead atoms. The average molecular weight is 382 g/mol. The van der Waals surface area contributed by atoms with E-state index < -0.39 is 0 Å². The van der Waals surface area contributed by atoms with Gasteiger partial charge in [-0.05, 0) is 31.9 Å². The molecular formula is C19H19N5S2. The molecule has 132 valence electrons. The Morgan fingerprint density at radius 3 is 2.65 bits per heavy atom. The van der Waals surface area contributed by atoms with Crippen LogP contribution >= 0.6 is 23.1 Å². The molecule has 0 aliphatic carbocycles. The Morgan fingerprint density at radius 1 is 1.08 bits per heavy atom. The fourth-order valence-corrected chi connectivity index (χ4v) is 4.63. The van der Waals surface area contributed by atoms with Gasteiger partial charge >= 0.3 is 0 Å². The molecule has 1 aromatic carbocycles. The molecule has 0 saturated carbocycles. The Bertz CT molecular complexity index is 1050. The Hall–Kier alpha value is -2.25. The van der Waals surface area contributed by atoms with E-state index in [-0.39, 0.29) is 0 Å². The number of aryl methyl sites for hydroxylation is 3. The molecule has 0 saturated heterocycles. The zero-order valence-corrected chi connectivity index (χ0v) is 16.6. The van der Waals surface area contributed by atoms with E-state index in [0.29, 0.717) is 5.78 Å². The highest BCUT2D eigenvalue weighted by molar-refractivity contribution is 7.98. The Morgan fingerprint density at radius 2 is 1.88 bits per heavy atom. The first-order valence-corrected chi connectivity index (χ1v) is 10.4. The van der Waals surface area contributed by atoms with Crippen molar-refractivity contribution in [2.24, 2.45) is 0 Å². The van der Waals surface area contributed by atoms with Crippen LogP contribution in [-0.4, -0.2) is 24.6 Å². The van der Waals surface area contributed by atoms with Crippen molar-refractivity contribution in [1.82, 2.24) is 24.6 Å². The topological polar surface area (TPSA) is 56.0 Å². The van der Waals surface area contributed by atoms with Crippen LogP contribution in [0.1, 0.15) is 29.6 Å². The van der Waals surface area contributed by atoms with Gasteiger partial charge in [-0.25, -0.2) is 9.97 Å². The second-order valence-electron chi connectivity index (χ2n) is 6.14. The molecule has 4 aromatic rings. The van der Waals surface area contributed by atoms with E-state index in [9.17, 15) is 0 Å². The SMILES string of the molecule is CCc1ccc(-c2nc(CSc3nnc4nc(C)cc(C)n34)cs2)cc1. The predicted molar refractivity (Wildman–Crippen MR) is 107 cm³/mol. The Kier molecular flexibility index (Phi) is 4.74. The Balaban J connectivity index is 1.51. The maximum absolute atomic E-state index is 4.78. The van der Waals surface area contributed by atoms with Gasteiger partial charge in [-0.1, -0.05) is 43.0 Å². The van der Waals surface area contributed by atoms with Crippen LogP contribution < -0.4 is 0 Å². The summed E-state index contributed by atoms with van der Waals surface area (Å²) in [6.07, 6.45) is 1.06. The lowest BCUT2D eigenvalue weighted by atomic mass is 10.1. The van der Waals surface area contributed by atoms with E-state index in [2.05, 4.69) is 58.7 Å². The molecule has 4 rings (SSSR count). The highest BCUT2D eigenvalue weighted by Gasteiger charge is 2.12. The summed E-state index contributed by atoms with van der Waals surface area (Å²) < 4.78 is 1.99. The lowest BCUT2D eigenvalue weighted by Gasteiger charge is -2.03. The second-order valence-corrected chi connectivity index (χ2v) is 7.94. The van der Waals surface area contributed by atoms with Gasteiger partial charge in [0.1, 0.15) is 5.01 Å². The molecule has 26 heavy (non-hydrogen) atoms. The smallest absolute Gasteiger partial charge is 0.256 e. The molecule has 0 spiro atoms. The van der Waals surface area contributed by atoms with E-state index in [1.54, 1.807) is 23.1 Å². The van der Waals surface area contributed by atoms with Crippen LogP contribution in [0.2, 0.25) is 0 Å². The first-order valence-electron chi connectivity index (χ1n) is 8.50. The van der Waals surface area contributed by atoms with Gasteiger partial charge in [0.05, 0.1) is 5.69 Å². The van der Waals surface area contributed by atoms with Crippen LogP contribution in [0.5, 0.6) is 0 Å². The number of fused-ring (bicyclic) bond motifs is 1. The number of rotatable bonds is 5. The van der Waals surface area contributed by atoms with Crippen molar-refractivity contribution < 1.29 is 0 Å². The van der Waals surface area contributed by atoms with Gasteiger partial charge < -0.3 is 0 Å². The first-order chi connectivity index (χ1) is 12.6. The highest BCUT2D eigenvalue weighted by atomic mass is 32.2. The quantitative estimate of drug-likeness (QED) is 0.468. The van der Waals surface area contributed by atoms with E-state index in [0.717, 1.165) is 39.4 Å². The molecule has 7 heteroatoms. The molecule has 0 unspecified atom stereocenters. The lowest BCUT2D eigenvalue weighted by Crippen LogP contribution is -1.97. The van der Waals surface area contributed by atoms with Crippen molar-refractivity contribution in [3.05, 3.63) is 58.4 Å². The molecule has 0 N–H and O–H groups in total. The van der Waals surface area contributed by atoms with Crippen LogP contribution in [0.15, 0.2) is 40.9 Å².